The van der Waals surface area contributed by atoms with Crippen LogP contribution in [0.3, 0.4) is 0 Å². The summed E-state index contributed by atoms with van der Waals surface area (Å²) in [6.45, 7) is 1.43. The van der Waals surface area contributed by atoms with E-state index in [4.69, 9.17) is 4.74 Å². The summed E-state index contributed by atoms with van der Waals surface area (Å²) >= 11 is 0. The normalized spacial score (nSPS) is 18.0. The Morgan fingerprint density at radius 1 is 1.31 bits per heavy atom. The van der Waals surface area contributed by atoms with Crippen molar-refractivity contribution in [3.63, 3.8) is 0 Å². The van der Waals surface area contributed by atoms with E-state index in [0.29, 0.717) is 5.65 Å². The molecule has 1 aliphatic heterocycles. The second-order valence-corrected chi connectivity index (χ2v) is 3.92. The van der Waals surface area contributed by atoms with Crippen LogP contribution in [-0.2, 0) is 4.74 Å². The number of ether oxygens (including phenoxy) is 1. The van der Waals surface area contributed by atoms with Gasteiger partial charge in [-0.15, -0.1) is 10.2 Å². The summed E-state index contributed by atoms with van der Waals surface area (Å²) in [5.74, 6) is 0. The molecule has 0 atom stereocenters. The van der Waals surface area contributed by atoms with Gasteiger partial charge in [-0.05, 0) is 12.8 Å². The van der Waals surface area contributed by atoms with Crippen LogP contribution in [0.25, 0.3) is 5.65 Å². The Hall–Kier alpha value is -1.69. The Morgan fingerprint density at radius 3 is 2.94 bits per heavy atom. The third kappa shape index (κ3) is 1.42. The van der Waals surface area contributed by atoms with E-state index >= 15 is 0 Å². The lowest BCUT2D eigenvalue weighted by molar-refractivity contribution is 0.0687. The van der Waals surface area contributed by atoms with Crippen molar-refractivity contribution < 1.29 is 4.74 Å². The van der Waals surface area contributed by atoms with Gasteiger partial charge in [-0.25, -0.2) is 0 Å². The molecule has 0 aromatic carbocycles. The molecular weight excluding hydrogens is 208 g/mol. The van der Waals surface area contributed by atoms with E-state index in [1.54, 1.807) is 15.2 Å². The summed E-state index contributed by atoms with van der Waals surface area (Å²) in [5.41, 5.74) is 0.306. The van der Waals surface area contributed by atoms with Crippen molar-refractivity contribution in [2.24, 2.45) is 0 Å². The highest BCUT2D eigenvalue weighted by Gasteiger charge is 2.17. The van der Waals surface area contributed by atoms with Crippen LogP contribution >= 0.6 is 0 Å². The molecule has 0 aliphatic carbocycles. The predicted molar refractivity (Wildman–Crippen MR) is 56.3 cm³/mol. The van der Waals surface area contributed by atoms with Crippen molar-refractivity contribution in [3.05, 3.63) is 29.1 Å². The zero-order valence-corrected chi connectivity index (χ0v) is 8.74. The molecule has 2 aromatic rings. The van der Waals surface area contributed by atoms with Crippen molar-refractivity contribution in [3.8, 4) is 0 Å². The topological polar surface area (TPSA) is 61.4 Å². The minimum Gasteiger partial charge on any atom is -0.381 e. The van der Waals surface area contributed by atoms with Gasteiger partial charge in [0.15, 0.2) is 0 Å². The van der Waals surface area contributed by atoms with Gasteiger partial charge in [0.05, 0.1) is 0 Å². The molecule has 84 valence electrons. The first-order valence-corrected chi connectivity index (χ1v) is 5.34. The lowest BCUT2D eigenvalue weighted by atomic mass is 10.1. The Labute approximate surface area is 91.5 Å². The summed E-state index contributed by atoms with van der Waals surface area (Å²) in [6, 6.07) is 0.225. The van der Waals surface area contributed by atoms with E-state index in [0.717, 1.165) is 26.1 Å². The van der Waals surface area contributed by atoms with Gasteiger partial charge in [0.25, 0.3) is 5.56 Å². The molecule has 1 fully saturated rings. The number of aromatic nitrogens is 4. The fourth-order valence-corrected chi connectivity index (χ4v) is 2.08. The number of hydrogen-bond acceptors (Lipinski definition) is 4. The summed E-state index contributed by atoms with van der Waals surface area (Å²) < 4.78 is 8.66. The average molecular weight is 220 g/mol. The lowest BCUT2D eigenvalue weighted by Crippen LogP contribution is -2.29. The van der Waals surface area contributed by atoms with Gasteiger partial charge in [0.2, 0.25) is 5.65 Å². The smallest absolute Gasteiger partial charge is 0.296 e. The molecule has 0 saturated carbocycles. The van der Waals surface area contributed by atoms with E-state index < -0.39 is 0 Å². The molecule has 0 spiro atoms. The molecule has 2 aromatic heterocycles. The second-order valence-electron chi connectivity index (χ2n) is 3.92. The summed E-state index contributed by atoms with van der Waals surface area (Å²) in [6.07, 6.45) is 6.90. The highest BCUT2D eigenvalue weighted by molar-refractivity contribution is 5.32. The molecule has 0 unspecified atom stereocenters. The van der Waals surface area contributed by atoms with Crippen molar-refractivity contribution in [1.29, 1.82) is 0 Å². The standard InChI is InChI=1S/C10H12N4O2/c15-10-9-12-11-7-13(9)3-4-14(10)8-1-5-16-6-2-8/h3-4,7-8H,1-2,5-6H2. The number of fused-ring (bicyclic) bond motifs is 1. The molecule has 3 rings (SSSR count). The van der Waals surface area contributed by atoms with Crippen LogP contribution in [0.15, 0.2) is 23.5 Å². The van der Waals surface area contributed by atoms with Crippen molar-refractivity contribution in [1.82, 2.24) is 19.2 Å². The van der Waals surface area contributed by atoms with Crippen LogP contribution in [-0.4, -0.2) is 32.4 Å². The van der Waals surface area contributed by atoms with Crippen molar-refractivity contribution >= 4 is 5.65 Å². The van der Waals surface area contributed by atoms with Crippen LogP contribution in [0.1, 0.15) is 18.9 Å². The molecular formula is C10H12N4O2. The van der Waals surface area contributed by atoms with Gasteiger partial charge in [0.1, 0.15) is 6.33 Å². The molecule has 16 heavy (non-hydrogen) atoms. The maximum absolute atomic E-state index is 12.1. The zero-order valence-electron chi connectivity index (χ0n) is 8.74. The maximum Gasteiger partial charge on any atom is 0.296 e. The second kappa shape index (κ2) is 3.71. The molecule has 0 bridgehead atoms. The Morgan fingerprint density at radius 2 is 2.12 bits per heavy atom. The fraction of sp³-hybridized carbons (Fsp3) is 0.500. The fourth-order valence-electron chi connectivity index (χ4n) is 2.08. The highest BCUT2D eigenvalue weighted by atomic mass is 16.5. The maximum atomic E-state index is 12.1. The molecule has 0 N–H and O–H groups in total. The van der Waals surface area contributed by atoms with E-state index in [-0.39, 0.29) is 11.6 Å². The molecule has 0 amide bonds. The Balaban J connectivity index is 2.09. The van der Waals surface area contributed by atoms with Crippen LogP contribution in [0.2, 0.25) is 0 Å². The van der Waals surface area contributed by atoms with Crippen LogP contribution < -0.4 is 5.56 Å². The Kier molecular flexibility index (Phi) is 2.21. The third-order valence-electron chi connectivity index (χ3n) is 2.97. The summed E-state index contributed by atoms with van der Waals surface area (Å²) in [4.78, 5) is 12.1. The van der Waals surface area contributed by atoms with Crippen LogP contribution in [0.4, 0.5) is 0 Å². The van der Waals surface area contributed by atoms with E-state index in [1.165, 1.54) is 6.33 Å². The monoisotopic (exact) mass is 220 g/mol. The molecule has 0 radical (unpaired) electrons. The van der Waals surface area contributed by atoms with E-state index in [9.17, 15) is 4.79 Å². The van der Waals surface area contributed by atoms with Gasteiger partial charge in [-0.2, -0.15) is 0 Å². The first-order chi connectivity index (χ1) is 7.86. The number of nitrogens with zero attached hydrogens (tertiary/aromatic N) is 4. The molecule has 1 aliphatic rings. The van der Waals surface area contributed by atoms with Gasteiger partial charge in [-0.1, -0.05) is 0 Å². The van der Waals surface area contributed by atoms with Crippen molar-refractivity contribution in [2.45, 2.75) is 18.9 Å². The van der Waals surface area contributed by atoms with E-state index in [1.807, 2.05) is 6.20 Å². The van der Waals surface area contributed by atoms with Gasteiger partial charge < -0.3 is 9.30 Å². The molecule has 3 heterocycles. The summed E-state index contributed by atoms with van der Waals surface area (Å²) in [5, 5.41) is 7.55. The highest BCUT2D eigenvalue weighted by Crippen LogP contribution is 2.18. The SMILES string of the molecule is O=c1c2nncn2ccn1C1CCOCC1. The zero-order chi connectivity index (χ0) is 11.0. The van der Waals surface area contributed by atoms with Gasteiger partial charge in [0, 0.05) is 31.6 Å². The van der Waals surface area contributed by atoms with E-state index in [2.05, 4.69) is 10.2 Å². The van der Waals surface area contributed by atoms with Crippen LogP contribution in [0, 0.1) is 0 Å². The van der Waals surface area contributed by atoms with Gasteiger partial charge in [-0.3, -0.25) is 9.20 Å². The minimum atomic E-state index is -0.0769. The number of hydrogen-bond donors (Lipinski definition) is 0. The summed E-state index contributed by atoms with van der Waals surface area (Å²) in [7, 11) is 0. The first kappa shape index (κ1) is 9.53. The quantitative estimate of drug-likeness (QED) is 0.690. The molecule has 1 saturated heterocycles. The first-order valence-electron chi connectivity index (χ1n) is 5.34. The molecule has 6 nitrogen and oxygen atoms in total. The third-order valence-corrected chi connectivity index (χ3v) is 2.97. The Bertz CT molecular complexity index is 553. The van der Waals surface area contributed by atoms with Crippen molar-refractivity contribution in [2.75, 3.05) is 13.2 Å². The lowest BCUT2D eigenvalue weighted by Gasteiger charge is -2.23. The number of rotatable bonds is 1. The average Bonchev–Trinajstić information content (AvgIpc) is 2.80. The minimum absolute atomic E-state index is 0.0769. The van der Waals surface area contributed by atoms with Gasteiger partial charge >= 0.3 is 0 Å². The predicted octanol–water partition coefficient (Wildman–Crippen LogP) is 0.242. The molecule has 6 heteroatoms. The largest absolute Gasteiger partial charge is 0.381 e. The van der Waals surface area contributed by atoms with Crippen LogP contribution in [0.5, 0.6) is 0 Å².